The highest BCUT2D eigenvalue weighted by Gasteiger charge is 2.17. The van der Waals surface area contributed by atoms with Gasteiger partial charge >= 0.3 is 0 Å². The van der Waals surface area contributed by atoms with Gasteiger partial charge < -0.3 is 0 Å². The highest BCUT2D eigenvalue weighted by molar-refractivity contribution is 6.32. The first-order valence-electron chi connectivity index (χ1n) is 6.25. The first kappa shape index (κ1) is 13.2. The van der Waals surface area contributed by atoms with E-state index < -0.39 is 0 Å². The van der Waals surface area contributed by atoms with Crippen LogP contribution < -0.4 is 0 Å². The van der Waals surface area contributed by atoms with Gasteiger partial charge in [0.1, 0.15) is 5.15 Å². The third-order valence-corrected chi connectivity index (χ3v) is 3.76. The number of rotatable bonds is 3. The van der Waals surface area contributed by atoms with E-state index in [4.69, 9.17) is 23.2 Å². The van der Waals surface area contributed by atoms with Crippen LogP contribution in [0.3, 0.4) is 0 Å². The van der Waals surface area contributed by atoms with Gasteiger partial charge in [-0.25, -0.2) is 4.68 Å². The molecule has 0 saturated heterocycles. The summed E-state index contributed by atoms with van der Waals surface area (Å²) in [5.74, 6) is 0.329. The number of para-hydroxylation sites is 1. The van der Waals surface area contributed by atoms with E-state index in [1.54, 1.807) is 4.68 Å². The van der Waals surface area contributed by atoms with Crippen LogP contribution in [0.4, 0.5) is 0 Å². The summed E-state index contributed by atoms with van der Waals surface area (Å²) in [4.78, 5) is 0. The van der Waals surface area contributed by atoms with Crippen LogP contribution in [0.1, 0.15) is 5.56 Å². The molecule has 2 nitrogen and oxygen atoms in total. The first-order valence-corrected chi connectivity index (χ1v) is 7.16. The fraction of sp³-hybridized carbons (Fsp3) is 0.0625. The van der Waals surface area contributed by atoms with Crippen LogP contribution in [0.25, 0.3) is 16.9 Å². The topological polar surface area (TPSA) is 17.8 Å². The molecule has 1 heterocycles. The van der Waals surface area contributed by atoms with E-state index in [9.17, 15) is 0 Å². The van der Waals surface area contributed by atoms with Crippen molar-refractivity contribution in [2.24, 2.45) is 0 Å². The Morgan fingerprint density at radius 1 is 0.900 bits per heavy atom. The summed E-state index contributed by atoms with van der Waals surface area (Å²) in [6, 6.07) is 19.7. The maximum Gasteiger partial charge on any atom is 0.137 e. The Bertz CT molecular complexity index is 706. The quantitative estimate of drug-likeness (QED) is 0.627. The van der Waals surface area contributed by atoms with Gasteiger partial charge in [0.05, 0.1) is 17.3 Å². The Labute approximate surface area is 127 Å². The number of aromatic nitrogens is 2. The van der Waals surface area contributed by atoms with Crippen molar-refractivity contribution >= 4 is 23.2 Å². The zero-order valence-electron chi connectivity index (χ0n) is 10.6. The molecule has 0 aliphatic heterocycles. The molecule has 100 valence electrons. The Kier molecular flexibility index (Phi) is 3.77. The lowest BCUT2D eigenvalue weighted by molar-refractivity contribution is 0.884. The van der Waals surface area contributed by atoms with Gasteiger partial charge in [-0.3, -0.25) is 0 Å². The normalized spacial score (nSPS) is 10.7. The summed E-state index contributed by atoms with van der Waals surface area (Å²) >= 11 is 12.5. The Hall–Kier alpha value is -1.77. The second-order valence-corrected chi connectivity index (χ2v) is 4.99. The van der Waals surface area contributed by atoms with E-state index in [-0.39, 0.29) is 0 Å². The standard InChI is InChI=1S/C16H12Cl2N2/c17-11-14-15(12-7-3-1-4-8-12)19-20(16(14)18)13-9-5-2-6-10-13/h1-10H,11H2. The van der Waals surface area contributed by atoms with E-state index in [2.05, 4.69) is 5.10 Å². The summed E-state index contributed by atoms with van der Waals surface area (Å²) in [6.45, 7) is 0. The highest BCUT2D eigenvalue weighted by atomic mass is 35.5. The van der Waals surface area contributed by atoms with Gasteiger partial charge in [0, 0.05) is 11.1 Å². The molecule has 2 aromatic carbocycles. The average molecular weight is 303 g/mol. The van der Waals surface area contributed by atoms with Gasteiger partial charge in [-0.15, -0.1) is 11.6 Å². The molecular weight excluding hydrogens is 291 g/mol. The molecular formula is C16H12Cl2N2. The largest absolute Gasteiger partial charge is 0.221 e. The summed E-state index contributed by atoms with van der Waals surface area (Å²) in [5, 5.41) is 5.18. The van der Waals surface area contributed by atoms with Crippen LogP contribution in [0.15, 0.2) is 60.7 Å². The Balaban J connectivity index is 2.18. The molecule has 0 atom stereocenters. The molecule has 0 N–H and O–H groups in total. The van der Waals surface area contributed by atoms with Gasteiger partial charge in [0.25, 0.3) is 0 Å². The van der Waals surface area contributed by atoms with Crippen molar-refractivity contribution in [1.82, 2.24) is 9.78 Å². The summed E-state index contributed by atoms with van der Waals surface area (Å²) in [5.41, 5.74) is 3.61. The van der Waals surface area contributed by atoms with Crippen molar-refractivity contribution in [3.05, 3.63) is 71.4 Å². The molecule has 1 aromatic heterocycles. The van der Waals surface area contributed by atoms with Gasteiger partial charge in [0.15, 0.2) is 0 Å². The lowest BCUT2D eigenvalue weighted by atomic mass is 10.1. The van der Waals surface area contributed by atoms with Crippen LogP contribution in [-0.2, 0) is 5.88 Å². The molecule has 0 aliphatic rings. The van der Waals surface area contributed by atoms with E-state index in [0.29, 0.717) is 11.0 Å². The maximum absolute atomic E-state index is 6.43. The fourth-order valence-corrected chi connectivity index (χ4v) is 2.73. The second-order valence-electron chi connectivity index (χ2n) is 4.36. The van der Waals surface area contributed by atoms with Gasteiger partial charge in [-0.1, -0.05) is 60.1 Å². The van der Waals surface area contributed by atoms with Crippen LogP contribution >= 0.6 is 23.2 Å². The third-order valence-electron chi connectivity index (χ3n) is 3.10. The molecule has 0 aliphatic carbocycles. The fourth-order valence-electron chi connectivity index (χ4n) is 2.12. The predicted octanol–water partition coefficient (Wildman–Crippen LogP) is 4.93. The van der Waals surface area contributed by atoms with Crippen molar-refractivity contribution in [2.75, 3.05) is 0 Å². The van der Waals surface area contributed by atoms with E-state index in [0.717, 1.165) is 22.5 Å². The van der Waals surface area contributed by atoms with Crippen LogP contribution in [-0.4, -0.2) is 9.78 Å². The van der Waals surface area contributed by atoms with Crippen molar-refractivity contribution in [3.8, 4) is 16.9 Å². The van der Waals surface area contributed by atoms with Crippen molar-refractivity contribution < 1.29 is 0 Å². The van der Waals surface area contributed by atoms with Crippen molar-refractivity contribution in [1.29, 1.82) is 0 Å². The predicted molar refractivity (Wildman–Crippen MR) is 83.6 cm³/mol. The zero-order valence-corrected chi connectivity index (χ0v) is 12.1. The summed E-state index contributed by atoms with van der Waals surface area (Å²) < 4.78 is 1.72. The molecule has 0 amide bonds. The molecule has 0 radical (unpaired) electrons. The number of halogens is 2. The van der Waals surface area contributed by atoms with Gasteiger partial charge in [0.2, 0.25) is 0 Å². The number of hydrogen-bond donors (Lipinski definition) is 0. The monoisotopic (exact) mass is 302 g/mol. The van der Waals surface area contributed by atoms with Crippen LogP contribution in [0.5, 0.6) is 0 Å². The molecule has 0 fully saturated rings. The molecule has 0 spiro atoms. The zero-order chi connectivity index (χ0) is 13.9. The van der Waals surface area contributed by atoms with E-state index >= 15 is 0 Å². The lowest BCUT2D eigenvalue weighted by Gasteiger charge is -2.01. The minimum atomic E-state index is 0.329. The van der Waals surface area contributed by atoms with Crippen molar-refractivity contribution in [2.45, 2.75) is 5.88 Å². The molecule has 0 unspecified atom stereocenters. The molecule has 3 rings (SSSR count). The van der Waals surface area contributed by atoms with Crippen LogP contribution in [0, 0.1) is 0 Å². The molecule has 20 heavy (non-hydrogen) atoms. The Morgan fingerprint density at radius 3 is 2.10 bits per heavy atom. The number of hydrogen-bond acceptors (Lipinski definition) is 1. The van der Waals surface area contributed by atoms with Gasteiger partial charge in [-0.05, 0) is 12.1 Å². The molecule has 0 bridgehead atoms. The summed E-state index contributed by atoms with van der Waals surface area (Å²) in [6.07, 6.45) is 0. The lowest BCUT2D eigenvalue weighted by Crippen LogP contribution is -1.96. The smallest absolute Gasteiger partial charge is 0.137 e. The molecule has 3 aromatic rings. The third kappa shape index (κ3) is 2.33. The van der Waals surface area contributed by atoms with Crippen LogP contribution in [0.2, 0.25) is 5.15 Å². The van der Waals surface area contributed by atoms with Gasteiger partial charge in [-0.2, -0.15) is 5.10 Å². The van der Waals surface area contributed by atoms with Crippen molar-refractivity contribution in [3.63, 3.8) is 0 Å². The highest BCUT2D eigenvalue weighted by Crippen LogP contribution is 2.31. The first-order chi connectivity index (χ1) is 9.81. The minimum Gasteiger partial charge on any atom is -0.221 e. The average Bonchev–Trinajstić information content (AvgIpc) is 2.86. The maximum atomic E-state index is 6.43. The van der Waals surface area contributed by atoms with E-state index in [1.165, 1.54) is 0 Å². The SMILES string of the molecule is ClCc1c(-c2ccccc2)nn(-c2ccccc2)c1Cl. The number of alkyl halides is 1. The molecule has 0 saturated carbocycles. The number of benzene rings is 2. The van der Waals surface area contributed by atoms with E-state index in [1.807, 2.05) is 60.7 Å². The summed E-state index contributed by atoms with van der Waals surface area (Å²) in [7, 11) is 0. The number of nitrogens with zero attached hydrogens (tertiary/aromatic N) is 2. The second kappa shape index (κ2) is 5.70. The minimum absolute atomic E-state index is 0.329. The Morgan fingerprint density at radius 2 is 1.50 bits per heavy atom. The molecule has 4 heteroatoms.